The molecule has 0 unspecified atom stereocenters. The number of hydrogen-bond acceptors (Lipinski definition) is 5. The molecular formula is C22H22FN5O4. The number of aromatic amines is 1. The first-order valence-corrected chi connectivity index (χ1v) is 10.4. The molecule has 9 nitrogen and oxygen atoms in total. The summed E-state index contributed by atoms with van der Waals surface area (Å²) >= 11 is 0. The van der Waals surface area contributed by atoms with Crippen molar-refractivity contribution in [3.8, 4) is 0 Å². The molecule has 3 aromatic rings. The van der Waals surface area contributed by atoms with E-state index in [2.05, 4.69) is 15.3 Å². The molecule has 3 heterocycles. The van der Waals surface area contributed by atoms with Crippen molar-refractivity contribution in [2.24, 2.45) is 0 Å². The lowest BCUT2D eigenvalue weighted by Crippen LogP contribution is -2.46. The van der Waals surface area contributed by atoms with Crippen molar-refractivity contribution in [3.05, 3.63) is 74.3 Å². The zero-order valence-electron chi connectivity index (χ0n) is 17.4. The highest BCUT2D eigenvalue weighted by atomic mass is 19.1. The minimum absolute atomic E-state index is 0.0352. The highest BCUT2D eigenvalue weighted by Gasteiger charge is 2.26. The Bertz CT molecular complexity index is 1310. The van der Waals surface area contributed by atoms with Gasteiger partial charge in [-0.2, -0.15) is 0 Å². The molecule has 166 valence electrons. The molecule has 1 aliphatic heterocycles. The van der Waals surface area contributed by atoms with Crippen molar-refractivity contribution in [3.63, 3.8) is 0 Å². The second kappa shape index (κ2) is 8.74. The van der Waals surface area contributed by atoms with Crippen molar-refractivity contribution >= 4 is 22.8 Å². The van der Waals surface area contributed by atoms with Gasteiger partial charge in [0.1, 0.15) is 11.5 Å². The van der Waals surface area contributed by atoms with E-state index < -0.39 is 23.0 Å². The Morgan fingerprint density at radius 2 is 1.94 bits per heavy atom. The van der Waals surface area contributed by atoms with Crippen molar-refractivity contribution in [1.29, 1.82) is 0 Å². The monoisotopic (exact) mass is 439 g/mol. The summed E-state index contributed by atoms with van der Waals surface area (Å²) in [5.74, 6) is -1.32. The number of aryl methyl sites for hydroxylation is 1. The number of fused-ring (bicyclic) bond motifs is 1. The Morgan fingerprint density at radius 3 is 2.62 bits per heavy atom. The van der Waals surface area contributed by atoms with E-state index >= 15 is 0 Å². The summed E-state index contributed by atoms with van der Waals surface area (Å²) in [5.41, 5.74) is -0.692. The third kappa shape index (κ3) is 4.03. The first-order chi connectivity index (χ1) is 15.4. The van der Waals surface area contributed by atoms with E-state index in [1.807, 2.05) is 0 Å². The molecule has 0 atom stereocenters. The summed E-state index contributed by atoms with van der Waals surface area (Å²) in [6, 6.07) is 7.10. The van der Waals surface area contributed by atoms with Crippen molar-refractivity contribution in [2.45, 2.75) is 32.4 Å². The maximum absolute atomic E-state index is 13.9. The maximum atomic E-state index is 13.9. The maximum Gasteiger partial charge on any atom is 0.329 e. The lowest BCUT2D eigenvalue weighted by atomic mass is 10.0. The molecule has 2 amide bonds. The van der Waals surface area contributed by atoms with E-state index in [-0.39, 0.29) is 34.1 Å². The molecule has 0 bridgehead atoms. The normalized spacial score (nSPS) is 14.5. The van der Waals surface area contributed by atoms with Gasteiger partial charge in [0.05, 0.1) is 16.5 Å². The molecule has 0 saturated carbocycles. The summed E-state index contributed by atoms with van der Waals surface area (Å²) in [4.78, 5) is 57.3. The standard InChI is InChI=1S/C22H22FN5O4/c1-2-28-18-16(20(30)26-22(28)32)11-13(12-24-18)19(29)25-14-7-9-27(10-8-14)21(31)15-5-3-4-6-17(15)23/h3-6,11-12,14H,2,7-10H2,1H3,(H,25,29)(H,26,30,32). The second-order valence-electron chi connectivity index (χ2n) is 7.62. The summed E-state index contributed by atoms with van der Waals surface area (Å²) in [5, 5.41) is 3.06. The Hall–Kier alpha value is -3.82. The van der Waals surface area contributed by atoms with Gasteiger partial charge in [0.15, 0.2) is 0 Å². The number of nitrogens with one attached hydrogen (secondary N) is 2. The number of rotatable bonds is 4. The van der Waals surface area contributed by atoms with Gasteiger partial charge in [0.2, 0.25) is 0 Å². The molecule has 2 N–H and O–H groups in total. The summed E-state index contributed by atoms with van der Waals surface area (Å²) < 4.78 is 15.2. The van der Waals surface area contributed by atoms with Crippen LogP contribution in [-0.4, -0.2) is 50.4 Å². The average molecular weight is 439 g/mol. The largest absolute Gasteiger partial charge is 0.349 e. The minimum atomic E-state index is -0.600. The van der Waals surface area contributed by atoms with Gasteiger partial charge in [0.25, 0.3) is 17.4 Å². The number of pyridine rings is 1. The van der Waals surface area contributed by atoms with E-state index in [1.165, 1.54) is 35.0 Å². The molecule has 1 saturated heterocycles. The summed E-state index contributed by atoms with van der Waals surface area (Å²) in [6.45, 7) is 2.85. The molecule has 1 fully saturated rings. The van der Waals surface area contributed by atoms with Crippen LogP contribution in [0.3, 0.4) is 0 Å². The van der Waals surface area contributed by atoms with Crippen LogP contribution in [0.5, 0.6) is 0 Å². The SMILES string of the molecule is CCn1c(=O)[nH]c(=O)c2cc(C(=O)NC3CCN(C(=O)c4ccccc4F)CC3)cnc21. The highest BCUT2D eigenvalue weighted by Crippen LogP contribution is 2.17. The van der Waals surface area contributed by atoms with Gasteiger partial charge in [-0.25, -0.2) is 14.2 Å². The number of piperidine rings is 1. The third-order valence-corrected chi connectivity index (χ3v) is 5.63. The number of carbonyl (C=O) groups is 2. The van der Waals surface area contributed by atoms with Crippen molar-refractivity contribution < 1.29 is 14.0 Å². The van der Waals surface area contributed by atoms with E-state index in [0.29, 0.717) is 32.5 Å². The molecule has 1 aliphatic rings. The minimum Gasteiger partial charge on any atom is -0.349 e. The molecule has 10 heteroatoms. The number of hydrogen-bond donors (Lipinski definition) is 2. The van der Waals surface area contributed by atoms with Crippen LogP contribution in [0.2, 0.25) is 0 Å². The topological polar surface area (TPSA) is 117 Å². The highest BCUT2D eigenvalue weighted by molar-refractivity contribution is 5.97. The quantitative estimate of drug-likeness (QED) is 0.635. The van der Waals surface area contributed by atoms with Gasteiger partial charge in [-0.05, 0) is 38.0 Å². The fraction of sp³-hybridized carbons (Fsp3) is 0.318. The van der Waals surface area contributed by atoms with Gasteiger partial charge < -0.3 is 10.2 Å². The molecule has 32 heavy (non-hydrogen) atoms. The number of nitrogens with zero attached hydrogens (tertiary/aromatic N) is 3. The molecule has 0 radical (unpaired) electrons. The van der Waals surface area contributed by atoms with Gasteiger partial charge >= 0.3 is 5.69 Å². The van der Waals surface area contributed by atoms with Crippen molar-refractivity contribution in [2.75, 3.05) is 13.1 Å². The van der Waals surface area contributed by atoms with Crippen LogP contribution in [0.1, 0.15) is 40.5 Å². The Balaban J connectivity index is 1.44. The number of carbonyl (C=O) groups excluding carboxylic acids is 2. The predicted molar refractivity (Wildman–Crippen MR) is 115 cm³/mol. The van der Waals surface area contributed by atoms with Crippen molar-refractivity contribution in [1.82, 2.24) is 24.8 Å². The van der Waals surface area contributed by atoms with Crippen LogP contribution in [0.25, 0.3) is 11.0 Å². The second-order valence-corrected chi connectivity index (χ2v) is 7.62. The Kier molecular flexibility index (Phi) is 5.85. The third-order valence-electron chi connectivity index (χ3n) is 5.63. The number of halogens is 1. The lowest BCUT2D eigenvalue weighted by Gasteiger charge is -2.32. The van der Waals surface area contributed by atoms with E-state index in [4.69, 9.17) is 0 Å². The number of benzene rings is 1. The molecular weight excluding hydrogens is 417 g/mol. The van der Waals surface area contributed by atoms with Crippen LogP contribution >= 0.6 is 0 Å². The van der Waals surface area contributed by atoms with Gasteiger partial charge in [0, 0.05) is 31.9 Å². The zero-order valence-corrected chi connectivity index (χ0v) is 17.4. The fourth-order valence-electron chi connectivity index (χ4n) is 3.89. The number of H-pyrrole nitrogens is 1. The Labute approximate surface area is 181 Å². The number of aromatic nitrogens is 3. The molecule has 2 aromatic heterocycles. The molecule has 0 spiro atoms. The zero-order chi connectivity index (χ0) is 22.8. The lowest BCUT2D eigenvalue weighted by molar-refractivity contribution is 0.0693. The summed E-state index contributed by atoms with van der Waals surface area (Å²) in [7, 11) is 0. The van der Waals surface area contributed by atoms with E-state index in [0.717, 1.165) is 0 Å². The Morgan fingerprint density at radius 1 is 1.22 bits per heavy atom. The summed E-state index contributed by atoms with van der Waals surface area (Å²) in [6.07, 6.45) is 2.37. The molecule has 1 aromatic carbocycles. The smallest absolute Gasteiger partial charge is 0.329 e. The fourth-order valence-corrected chi connectivity index (χ4v) is 3.89. The van der Waals surface area contributed by atoms with Gasteiger partial charge in [-0.3, -0.25) is 23.9 Å². The molecule has 0 aliphatic carbocycles. The van der Waals surface area contributed by atoms with Crippen LogP contribution in [0, 0.1) is 5.82 Å². The van der Waals surface area contributed by atoms with Crippen LogP contribution in [-0.2, 0) is 6.54 Å². The van der Waals surface area contributed by atoms with Gasteiger partial charge in [-0.15, -0.1) is 0 Å². The molecule has 4 rings (SSSR count). The van der Waals surface area contributed by atoms with Crippen LogP contribution < -0.4 is 16.6 Å². The first-order valence-electron chi connectivity index (χ1n) is 10.4. The predicted octanol–water partition coefficient (Wildman–Crippen LogP) is 1.28. The van der Waals surface area contributed by atoms with Crippen LogP contribution in [0.4, 0.5) is 4.39 Å². The van der Waals surface area contributed by atoms with E-state index in [9.17, 15) is 23.6 Å². The number of amides is 2. The van der Waals surface area contributed by atoms with E-state index in [1.54, 1.807) is 17.9 Å². The van der Waals surface area contributed by atoms with Crippen LogP contribution in [0.15, 0.2) is 46.1 Å². The van der Waals surface area contributed by atoms with Gasteiger partial charge in [-0.1, -0.05) is 12.1 Å². The first kappa shape index (κ1) is 21.4. The average Bonchev–Trinajstić information content (AvgIpc) is 2.79. The number of likely N-dealkylation sites (tertiary alicyclic amines) is 1.